The minimum absolute atomic E-state index is 0. The van der Waals surface area contributed by atoms with Crippen LogP contribution in [0, 0.1) is 5.92 Å². The van der Waals surface area contributed by atoms with Gasteiger partial charge in [-0.1, -0.05) is 32.9 Å². The predicted octanol–water partition coefficient (Wildman–Crippen LogP) is 2.59. The second-order valence-electron chi connectivity index (χ2n) is 4.31. The van der Waals surface area contributed by atoms with Crippen LogP contribution < -0.4 is 11.1 Å². The maximum absolute atomic E-state index is 11.7. The molecule has 1 aromatic carbocycles. The molecule has 1 rings (SSSR count). The summed E-state index contributed by atoms with van der Waals surface area (Å²) in [6.45, 7) is 5.96. The van der Waals surface area contributed by atoms with E-state index < -0.39 is 6.04 Å². The van der Waals surface area contributed by atoms with Crippen molar-refractivity contribution in [1.29, 1.82) is 0 Å². The van der Waals surface area contributed by atoms with Crippen LogP contribution in [0.5, 0.6) is 0 Å². The molecular formula is C13H21ClN2O. The van der Waals surface area contributed by atoms with Crippen LogP contribution in [0.3, 0.4) is 0 Å². The Labute approximate surface area is 109 Å². The lowest BCUT2D eigenvalue weighted by atomic mass is 10.0. The van der Waals surface area contributed by atoms with Crippen LogP contribution in [0.25, 0.3) is 0 Å². The standard InChI is InChI=1S/C13H20N2O.ClH/c1-4-10-6-5-7-11(8-10)15-13(16)12(14)9(2)3;/h5-9,12H,4,14H2,1-3H3,(H,15,16);1H/t12-;/m1./s1. The fourth-order valence-corrected chi connectivity index (χ4v) is 1.40. The highest BCUT2D eigenvalue weighted by atomic mass is 35.5. The highest BCUT2D eigenvalue weighted by Gasteiger charge is 2.16. The number of halogens is 1. The second-order valence-corrected chi connectivity index (χ2v) is 4.31. The zero-order chi connectivity index (χ0) is 12.1. The molecule has 96 valence electrons. The van der Waals surface area contributed by atoms with Gasteiger partial charge >= 0.3 is 0 Å². The number of nitrogens with one attached hydrogen (secondary N) is 1. The van der Waals surface area contributed by atoms with E-state index in [4.69, 9.17) is 5.73 Å². The molecule has 0 saturated heterocycles. The first-order chi connectivity index (χ1) is 7.54. The van der Waals surface area contributed by atoms with Crippen molar-refractivity contribution in [1.82, 2.24) is 0 Å². The fraction of sp³-hybridized carbons (Fsp3) is 0.462. The molecule has 0 radical (unpaired) electrons. The van der Waals surface area contributed by atoms with Crippen molar-refractivity contribution in [2.24, 2.45) is 11.7 Å². The van der Waals surface area contributed by atoms with Crippen LogP contribution in [0.4, 0.5) is 5.69 Å². The minimum Gasteiger partial charge on any atom is -0.325 e. The van der Waals surface area contributed by atoms with Crippen LogP contribution in [-0.2, 0) is 11.2 Å². The number of hydrogen-bond acceptors (Lipinski definition) is 2. The number of anilines is 1. The zero-order valence-corrected chi connectivity index (χ0v) is 11.4. The van der Waals surface area contributed by atoms with Crippen molar-refractivity contribution < 1.29 is 4.79 Å². The van der Waals surface area contributed by atoms with E-state index in [9.17, 15) is 4.79 Å². The van der Waals surface area contributed by atoms with Gasteiger partial charge in [-0.05, 0) is 30.0 Å². The summed E-state index contributed by atoms with van der Waals surface area (Å²) in [6, 6.07) is 7.38. The lowest BCUT2D eigenvalue weighted by Gasteiger charge is -2.15. The molecule has 1 amide bonds. The summed E-state index contributed by atoms with van der Waals surface area (Å²) < 4.78 is 0. The Balaban J connectivity index is 0.00000256. The highest BCUT2D eigenvalue weighted by Crippen LogP contribution is 2.12. The summed E-state index contributed by atoms with van der Waals surface area (Å²) in [5.74, 6) is 0.0256. The first kappa shape index (κ1) is 15.9. The van der Waals surface area contributed by atoms with Crippen molar-refractivity contribution in [3.8, 4) is 0 Å². The number of benzene rings is 1. The molecule has 0 saturated carbocycles. The molecule has 1 atom stereocenters. The Morgan fingerprint density at radius 2 is 2.06 bits per heavy atom. The summed E-state index contributed by atoms with van der Waals surface area (Å²) in [7, 11) is 0. The summed E-state index contributed by atoms with van der Waals surface area (Å²) in [6.07, 6.45) is 0.958. The molecule has 4 heteroatoms. The molecule has 3 N–H and O–H groups in total. The molecule has 0 heterocycles. The SMILES string of the molecule is CCc1cccc(NC(=O)[C@H](N)C(C)C)c1.Cl. The highest BCUT2D eigenvalue weighted by molar-refractivity contribution is 5.94. The summed E-state index contributed by atoms with van der Waals surface area (Å²) in [4.78, 5) is 11.7. The molecule has 1 aromatic rings. The molecule has 0 bridgehead atoms. The van der Waals surface area contributed by atoms with Gasteiger partial charge in [0.15, 0.2) is 0 Å². The third kappa shape index (κ3) is 4.75. The summed E-state index contributed by atoms with van der Waals surface area (Å²) >= 11 is 0. The number of amides is 1. The molecule has 17 heavy (non-hydrogen) atoms. The molecule has 0 aromatic heterocycles. The van der Waals surface area contributed by atoms with Crippen LogP contribution >= 0.6 is 12.4 Å². The third-order valence-electron chi connectivity index (χ3n) is 2.62. The van der Waals surface area contributed by atoms with Gasteiger partial charge in [-0.15, -0.1) is 12.4 Å². The zero-order valence-electron chi connectivity index (χ0n) is 10.6. The molecule has 3 nitrogen and oxygen atoms in total. The van der Waals surface area contributed by atoms with E-state index in [0.717, 1.165) is 12.1 Å². The molecule has 0 aliphatic rings. The van der Waals surface area contributed by atoms with Crippen LogP contribution in [-0.4, -0.2) is 11.9 Å². The van der Waals surface area contributed by atoms with Gasteiger partial charge in [0.25, 0.3) is 0 Å². The van der Waals surface area contributed by atoms with Gasteiger partial charge in [-0.25, -0.2) is 0 Å². The quantitative estimate of drug-likeness (QED) is 0.870. The first-order valence-electron chi connectivity index (χ1n) is 5.70. The van der Waals surface area contributed by atoms with E-state index in [2.05, 4.69) is 12.2 Å². The normalized spacial score (nSPS) is 11.8. The van der Waals surface area contributed by atoms with Gasteiger partial charge in [-0.2, -0.15) is 0 Å². The minimum atomic E-state index is -0.453. The van der Waals surface area contributed by atoms with Gasteiger partial charge in [0.1, 0.15) is 0 Å². The third-order valence-corrected chi connectivity index (χ3v) is 2.62. The van der Waals surface area contributed by atoms with E-state index in [0.29, 0.717) is 0 Å². The molecule has 0 aliphatic carbocycles. The van der Waals surface area contributed by atoms with Crippen LogP contribution in [0.2, 0.25) is 0 Å². The van der Waals surface area contributed by atoms with Crippen molar-refractivity contribution in [3.05, 3.63) is 29.8 Å². The second kappa shape index (κ2) is 7.30. The van der Waals surface area contributed by atoms with Gasteiger partial charge in [0, 0.05) is 5.69 Å². The maximum Gasteiger partial charge on any atom is 0.241 e. The maximum atomic E-state index is 11.7. The first-order valence-corrected chi connectivity index (χ1v) is 5.70. The van der Waals surface area contributed by atoms with Crippen molar-refractivity contribution in [2.45, 2.75) is 33.2 Å². The number of rotatable bonds is 4. The molecule has 0 fully saturated rings. The average Bonchev–Trinajstić information content (AvgIpc) is 2.28. The Hall–Kier alpha value is -1.06. The number of nitrogens with two attached hydrogens (primary N) is 1. The average molecular weight is 257 g/mol. The molecule has 0 spiro atoms. The van der Waals surface area contributed by atoms with Crippen LogP contribution in [0.1, 0.15) is 26.3 Å². The van der Waals surface area contributed by atoms with E-state index in [1.165, 1.54) is 5.56 Å². The molecular weight excluding hydrogens is 236 g/mol. The number of carbonyl (C=O) groups is 1. The Morgan fingerprint density at radius 1 is 1.41 bits per heavy atom. The van der Waals surface area contributed by atoms with E-state index in [1.807, 2.05) is 38.1 Å². The fourth-order valence-electron chi connectivity index (χ4n) is 1.40. The van der Waals surface area contributed by atoms with Crippen molar-refractivity contribution in [2.75, 3.05) is 5.32 Å². The summed E-state index contributed by atoms with van der Waals surface area (Å²) in [5.41, 5.74) is 7.79. The van der Waals surface area contributed by atoms with Gasteiger partial charge in [0.2, 0.25) is 5.91 Å². The topological polar surface area (TPSA) is 55.1 Å². The van der Waals surface area contributed by atoms with Gasteiger partial charge < -0.3 is 11.1 Å². The van der Waals surface area contributed by atoms with Crippen molar-refractivity contribution >= 4 is 24.0 Å². The Kier molecular flexibility index (Phi) is 6.85. The number of hydrogen-bond donors (Lipinski definition) is 2. The van der Waals surface area contributed by atoms with Gasteiger partial charge in [-0.3, -0.25) is 4.79 Å². The van der Waals surface area contributed by atoms with Crippen LogP contribution in [0.15, 0.2) is 24.3 Å². The van der Waals surface area contributed by atoms with Gasteiger partial charge in [0.05, 0.1) is 6.04 Å². The van der Waals surface area contributed by atoms with E-state index in [-0.39, 0.29) is 24.2 Å². The van der Waals surface area contributed by atoms with E-state index in [1.54, 1.807) is 0 Å². The Bertz CT molecular complexity index is 366. The smallest absolute Gasteiger partial charge is 0.241 e. The lowest BCUT2D eigenvalue weighted by Crippen LogP contribution is -2.39. The number of aryl methyl sites for hydroxylation is 1. The van der Waals surface area contributed by atoms with E-state index >= 15 is 0 Å². The monoisotopic (exact) mass is 256 g/mol. The number of carbonyl (C=O) groups excluding carboxylic acids is 1. The lowest BCUT2D eigenvalue weighted by molar-refractivity contribution is -0.118. The van der Waals surface area contributed by atoms with Crippen molar-refractivity contribution in [3.63, 3.8) is 0 Å². The largest absolute Gasteiger partial charge is 0.325 e. The Morgan fingerprint density at radius 3 is 2.59 bits per heavy atom. The molecule has 0 aliphatic heterocycles. The molecule has 0 unspecified atom stereocenters. The summed E-state index contributed by atoms with van der Waals surface area (Å²) in [5, 5.41) is 2.83. The predicted molar refractivity (Wildman–Crippen MR) is 74.5 cm³/mol.